The van der Waals surface area contributed by atoms with Crippen LogP contribution in [0, 0.1) is 12.3 Å². The van der Waals surface area contributed by atoms with Gasteiger partial charge in [0.25, 0.3) is 26.1 Å². The second-order valence-corrected chi connectivity index (χ2v) is 29.0. The van der Waals surface area contributed by atoms with Gasteiger partial charge in [-0.05, 0) is 130 Å². The van der Waals surface area contributed by atoms with Crippen LogP contribution in [0.5, 0.6) is 0 Å². The zero-order valence-electron chi connectivity index (χ0n) is 55.2. The summed E-state index contributed by atoms with van der Waals surface area (Å²) < 4.78 is 98.1. The van der Waals surface area contributed by atoms with Crippen LogP contribution in [-0.2, 0) is 67.7 Å². The van der Waals surface area contributed by atoms with Crippen molar-refractivity contribution in [2.75, 3.05) is 114 Å². The molecule has 0 saturated carbocycles. The van der Waals surface area contributed by atoms with Gasteiger partial charge in [-0.3, -0.25) is 18.7 Å². The van der Waals surface area contributed by atoms with Crippen LogP contribution in [0.2, 0.25) is 0 Å². The quantitative estimate of drug-likeness (QED) is 0.0106. The van der Waals surface area contributed by atoms with E-state index < -0.39 is 26.1 Å². The Morgan fingerprint density at radius 2 is 1.29 bits per heavy atom. The maximum Gasteiger partial charge on any atom is 0.264 e. The number of aryl methyl sites for hydroxylation is 1. The molecule has 1 aromatic heterocycles. The number of aromatic nitrogens is 2. The number of unbranched alkanes of at least 4 members (excludes halogenated alkanes) is 2. The van der Waals surface area contributed by atoms with Crippen molar-refractivity contribution >= 4 is 60.3 Å². The lowest BCUT2D eigenvalue weighted by Crippen LogP contribution is -2.28. The summed E-state index contributed by atoms with van der Waals surface area (Å²) in [7, 11) is -8.15. The lowest BCUT2D eigenvalue weighted by atomic mass is 9.75. The molecular formula is C71H96N7O13S2+. The molecule has 6 N–H and O–H groups in total. The number of nitrogens with zero attached hydrogens (tertiary/aromatic N) is 4. The lowest BCUT2D eigenvalue weighted by molar-refractivity contribution is -0.438. The molecule has 0 radical (unpaired) electrons. The van der Waals surface area contributed by atoms with E-state index in [1.165, 1.54) is 11.1 Å². The molecule has 93 heavy (non-hydrogen) atoms. The number of anilines is 2. The number of nitrogens with two attached hydrogens (primary N) is 1. The number of amides is 1. The van der Waals surface area contributed by atoms with Gasteiger partial charge < -0.3 is 45.0 Å². The van der Waals surface area contributed by atoms with Crippen LogP contribution in [0.3, 0.4) is 0 Å². The van der Waals surface area contributed by atoms with E-state index >= 15 is 0 Å². The van der Waals surface area contributed by atoms with E-state index in [-0.39, 0.29) is 33.5 Å². The van der Waals surface area contributed by atoms with Gasteiger partial charge in [0.05, 0.1) is 98.0 Å². The Kier molecular flexibility index (Phi) is 25.7. The molecule has 20 nitrogen and oxygen atoms in total. The Bertz CT molecular complexity index is 3740. The summed E-state index contributed by atoms with van der Waals surface area (Å²) in [5.74, 6) is -1.01. The Balaban J connectivity index is 0.735. The fraction of sp³-hybridized carbons (Fsp3) is 0.493. The van der Waals surface area contributed by atoms with Crippen molar-refractivity contribution in [1.29, 1.82) is 0 Å². The Morgan fingerprint density at radius 3 is 1.92 bits per heavy atom. The topological polar surface area (TPSA) is 263 Å². The highest BCUT2D eigenvalue weighted by atomic mass is 32.2. The molecule has 0 fully saturated rings. The van der Waals surface area contributed by atoms with E-state index in [1.807, 2.05) is 48.0 Å². The number of benzene rings is 4. The van der Waals surface area contributed by atoms with Gasteiger partial charge in [-0.2, -0.15) is 26.5 Å². The number of hydrogen-bond acceptors (Lipinski definition) is 15. The first-order valence-electron chi connectivity index (χ1n) is 32.5. The first kappa shape index (κ1) is 72.1. The van der Waals surface area contributed by atoms with Crippen LogP contribution in [0.25, 0.3) is 11.3 Å². The van der Waals surface area contributed by atoms with E-state index in [1.54, 1.807) is 6.07 Å². The highest BCUT2D eigenvalue weighted by Gasteiger charge is 2.44. The monoisotopic (exact) mass is 1320 g/mol. The third-order valence-corrected chi connectivity index (χ3v) is 18.9. The lowest BCUT2D eigenvalue weighted by Gasteiger charge is -2.29. The molecular weight excluding hydrogens is 1220 g/mol. The predicted molar refractivity (Wildman–Crippen MR) is 366 cm³/mol. The Morgan fingerprint density at radius 1 is 0.699 bits per heavy atom. The number of hydrogen-bond donors (Lipinski definition) is 5. The molecule has 4 aromatic carbocycles. The molecule has 3 aliphatic rings. The molecule has 1 aliphatic carbocycles. The van der Waals surface area contributed by atoms with Gasteiger partial charge in [-0.15, -0.1) is 0 Å². The van der Waals surface area contributed by atoms with E-state index in [4.69, 9.17) is 34.5 Å². The van der Waals surface area contributed by atoms with E-state index in [2.05, 4.69) is 134 Å². The van der Waals surface area contributed by atoms with Crippen LogP contribution in [0.15, 0.2) is 121 Å². The summed E-state index contributed by atoms with van der Waals surface area (Å²) >= 11 is 0. The van der Waals surface area contributed by atoms with Crippen LogP contribution in [0.4, 0.5) is 17.1 Å². The largest absolute Gasteiger partial charge is 0.384 e. The molecule has 2 aliphatic heterocycles. The van der Waals surface area contributed by atoms with Gasteiger partial charge in [-0.25, -0.2) is 4.68 Å². The number of nitrogens with one attached hydrogen (secondary N) is 2. The summed E-state index contributed by atoms with van der Waals surface area (Å²) in [6, 6.07) is 30.5. The number of ketones is 1. The molecule has 22 heteroatoms. The zero-order valence-corrected chi connectivity index (χ0v) is 56.8. The van der Waals surface area contributed by atoms with Gasteiger partial charge in [0.15, 0.2) is 11.5 Å². The Labute approximate surface area is 550 Å². The highest BCUT2D eigenvalue weighted by Crippen LogP contribution is 2.48. The number of rotatable bonds is 39. The predicted octanol–water partition coefficient (Wildman–Crippen LogP) is 10.5. The molecule has 0 spiro atoms. The van der Waals surface area contributed by atoms with Crippen LogP contribution < -0.4 is 21.3 Å². The zero-order chi connectivity index (χ0) is 66.8. The second-order valence-electron chi connectivity index (χ2n) is 25.9. The first-order valence-corrected chi connectivity index (χ1v) is 35.7. The van der Waals surface area contributed by atoms with Crippen LogP contribution >= 0.6 is 0 Å². The number of carbonyl (C=O) groups is 2. The molecule has 1 amide bonds. The molecule has 8 rings (SSSR count). The average molecular weight is 1320 g/mol. The number of para-hydroxylation sites is 2. The fourth-order valence-corrected chi connectivity index (χ4v) is 13.7. The van der Waals surface area contributed by atoms with Crippen molar-refractivity contribution in [1.82, 2.24) is 15.1 Å². The molecule has 504 valence electrons. The fourth-order valence-electron chi connectivity index (χ4n) is 12.6. The standard InChI is InChI=1S/C71H95N7O13S2/c1-52-67-63(49-69(2,3)50-64(67)79)78(75-52)56-28-29-57(68(72)80)60(48-56)74-33-17-37-88-39-41-90-43-45-91-44-42-89-40-38-87-36-16-32-73-51-53-22-24-54(25-23-53)55(26-30-65-70(4,5)58-18-8-10-20-61(58)76(65)34-12-14-46-92(81,82)83)27-31-66-71(6,7)59-19-9-11-21-62(59)77(66)35-13-15-47-93(84,85)86/h8-11,18-31,48,73H,12-17,32-47,49-51H2,1-7H3,(H4-,72,74,80,81,82,83,84,85,86)/p+1. The molecule has 5 aromatic rings. The van der Waals surface area contributed by atoms with Crippen LogP contribution in [0.1, 0.15) is 141 Å². The van der Waals surface area contributed by atoms with Crippen molar-refractivity contribution in [3.63, 3.8) is 0 Å². The minimum atomic E-state index is -4.08. The molecule has 0 unspecified atom stereocenters. The van der Waals surface area contributed by atoms with E-state index in [9.17, 15) is 35.5 Å². The van der Waals surface area contributed by atoms with Gasteiger partial charge in [-0.1, -0.05) is 94.4 Å². The van der Waals surface area contributed by atoms with Gasteiger partial charge in [0, 0.05) is 85.9 Å². The van der Waals surface area contributed by atoms with Crippen molar-refractivity contribution in [3.05, 3.63) is 166 Å². The number of fused-ring (bicyclic) bond motifs is 3. The second kappa shape index (κ2) is 33.1. The molecule has 0 bridgehead atoms. The average Bonchev–Trinajstić information content (AvgIpc) is 1.62. The van der Waals surface area contributed by atoms with Gasteiger partial charge in [0.2, 0.25) is 5.69 Å². The summed E-state index contributed by atoms with van der Waals surface area (Å²) in [6.45, 7) is 22.7. The number of allylic oxidation sites excluding steroid dienone is 6. The highest BCUT2D eigenvalue weighted by molar-refractivity contribution is 7.86. The smallest absolute Gasteiger partial charge is 0.264 e. The number of ether oxygens (including phenoxy) is 5. The van der Waals surface area contributed by atoms with Gasteiger partial charge in [0.1, 0.15) is 6.54 Å². The molecule has 3 heterocycles. The normalized spacial score (nSPS) is 16.4. The third kappa shape index (κ3) is 20.2. The Hall–Kier alpha value is -6.70. The number of primary amides is 1. The summed E-state index contributed by atoms with van der Waals surface area (Å²) in [4.78, 5) is 27.5. The van der Waals surface area contributed by atoms with Gasteiger partial charge >= 0.3 is 0 Å². The van der Waals surface area contributed by atoms with Crippen LogP contribution in [-0.4, -0.2) is 161 Å². The van der Waals surface area contributed by atoms with Crippen molar-refractivity contribution in [2.45, 2.75) is 117 Å². The van der Waals surface area contributed by atoms with E-state index in [0.29, 0.717) is 153 Å². The minimum Gasteiger partial charge on any atom is -0.384 e. The van der Waals surface area contributed by atoms with Crippen molar-refractivity contribution in [3.8, 4) is 5.69 Å². The summed E-state index contributed by atoms with van der Waals surface area (Å²) in [5, 5.41) is 11.6. The maximum atomic E-state index is 13.0. The minimum absolute atomic E-state index is 0.107. The molecule has 0 saturated heterocycles. The first-order chi connectivity index (χ1) is 44.3. The number of Topliss-reactive ketones (excluding diaryl/α,β-unsaturated/α-hetero) is 1. The third-order valence-electron chi connectivity index (χ3n) is 17.3. The maximum absolute atomic E-state index is 13.0. The molecule has 0 atom stereocenters. The van der Waals surface area contributed by atoms with Crippen molar-refractivity contribution < 1.29 is 63.8 Å². The summed E-state index contributed by atoms with van der Waals surface area (Å²) in [5.41, 5.74) is 18.5. The summed E-state index contributed by atoms with van der Waals surface area (Å²) in [6.07, 6.45) is 13.2. The van der Waals surface area contributed by atoms with E-state index in [0.717, 1.165) is 70.3 Å². The van der Waals surface area contributed by atoms with Crippen molar-refractivity contribution in [2.24, 2.45) is 11.1 Å². The number of carbonyl (C=O) groups excluding carboxylic acids is 2. The SMILES string of the molecule is Cc1nn(-c2ccc(C(N)=O)c(NCCCOCCOCCOCCOCCOCCCNCc3ccc(C(=C\C=C4\N(CCCCS(=O)(=O)O)c5ccccc5C4(C)C)/C=C/C4=[N+](CCCCS(=O)(=O)O)c5ccccc5C4(C)C)cc3)c2)c2c1C(=O)CC(C)(C)C2.